The summed E-state index contributed by atoms with van der Waals surface area (Å²) in [4.78, 5) is 28.3. The molecule has 23 heavy (non-hydrogen) atoms. The fourth-order valence-corrected chi connectivity index (χ4v) is 3.05. The largest absolute Gasteiger partial charge is 0.352 e. The Morgan fingerprint density at radius 2 is 1.96 bits per heavy atom. The van der Waals surface area contributed by atoms with Crippen molar-refractivity contribution in [2.24, 2.45) is 0 Å². The topological polar surface area (TPSA) is 71.0 Å². The lowest BCUT2D eigenvalue weighted by Crippen LogP contribution is -2.26. The average molecular weight is 333 g/mol. The Morgan fingerprint density at radius 1 is 1.22 bits per heavy atom. The van der Waals surface area contributed by atoms with Crippen molar-refractivity contribution < 1.29 is 4.79 Å². The number of amides is 1. The number of hydrogen-bond acceptors (Lipinski definition) is 6. The zero-order valence-corrected chi connectivity index (χ0v) is 15.1. The molecule has 0 aliphatic heterocycles. The first-order valence-corrected chi connectivity index (χ1v) is 8.42. The van der Waals surface area contributed by atoms with E-state index >= 15 is 0 Å². The van der Waals surface area contributed by atoms with E-state index in [1.165, 1.54) is 4.88 Å². The number of rotatable bonds is 6. The molecule has 124 valence electrons. The van der Waals surface area contributed by atoms with Gasteiger partial charge in [0.15, 0.2) is 0 Å². The van der Waals surface area contributed by atoms with Gasteiger partial charge in [-0.25, -0.2) is 15.0 Å². The molecule has 0 bridgehead atoms. The van der Waals surface area contributed by atoms with Gasteiger partial charge < -0.3 is 10.2 Å². The Morgan fingerprint density at radius 3 is 2.52 bits per heavy atom. The Hall–Kier alpha value is -2.02. The molecular weight excluding hydrogens is 310 g/mol. The SMILES string of the molecule is Cc1nc(N(C)C)ncc1C(=O)NCCCc1nc(C)c(C)s1. The van der Waals surface area contributed by atoms with Crippen LogP contribution in [0.25, 0.3) is 0 Å². The highest BCUT2D eigenvalue weighted by atomic mass is 32.1. The van der Waals surface area contributed by atoms with Gasteiger partial charge in [0.1, 0.15) is 0 Å². The van der Waals surface area contributed by atoms with E-state index in [0.29, 0.717) is 23.8 Å². The van der Waals surface area contributed by atoms with Crippen molar-refractivity contribution in [2.75, 3.05) is 25.5 Å². The molecular formula is C16H23N5OS. The minimum atomic E-state index is -0.126. The van der Waals surface area contributed by atoms with Crippen LogP contribution in [0.15, 0.2) is 6.20 Å². The maximum absolute atomic E-state index is 12.2. The summed E-state index contributed by atoms with van der Waals surface area (Å²) >= 11 is 1.73. The monoisotopic (exact) mass is 333 g/mol. The second-order valence-electron chi connectivity index (χ2n) is 5.67. The second kappa shape index (κ2) is 7.50. The van der Waals surface area contributed by atoms with E-state index in [0.717, 1.165) is 23.5 Å². The summed E-state index contributed by atoms with van der Waals surface area (Å²) in [7, 11) is 3.74. The second-order valence-corrected chi connectivity index (χ2v) is 6.96. The van der Waals surface area contributed by atoms with Crippen LogP contribution >= 0.6 is 11.3 Å². The third kappa shape index (κ3) is 4.48. The van der Waals surface area contributed by atoms with Gasteiger partial charge >= 0.3 is 0 Å². The van der Waals surface area contributed by atoms with E-state index < -0.39 is 0 Å². The lowest BCUT2D eigenvalue weighted by molar-refractivity contribution is 0.0952. The van der Waals surface area contributed by atoms with Gasteiger partial charge in [-0.3, -0.25) is 4.79 Å². The van der Waals surface area contributed by atoms with Crippen LogP contribution in [0.4, 0.5) is 5.95 Å². The molecule has 1 amide bonds. The summed E-state index contributed by atoms with van der Waals surface area (Å²) in [6.07, 6.45) is 3.34. The average Bonchev–Trinajstić information content (AvgIpc) is 2.81. The maximum Gasteiger partial charge on any atom is 0.254 e. The summed E-state index contributed by atoms with van der Waals surface area (Å²) in [5, 5.41) is 4.05. The summed E-state index contributed by atoms with van der Waals surface area (Å²) < 4.78 is 0. The number of carbonyl (C=O) groups is 1. The van der Waals surface area contributed by atoms with Crippen molar-refractivity contribution in [1.29, 1.82) is 0 Å². The molecule has 0 radical (unpaired) electrons. The van der Waals surface area contributed by atoms with Gasteiger partial charge in [-0.2, -0.15) is 0 Å². The molecule has 0 saturated carbocycles. The van der Waals surface area contributed by atoms with E-state index in [9.17, 15) is 4.79 Å². The van der Waals surface area contributed by atoms with Crippen molar-refractivity contribution in [3.63, 3.8) is 0 Å². The van der Waals surface area contributed by atoms with Crippen LogP contribution < -0.4 is 10.2 Å². The maximum atomic E-state index is 12.2. The number of aryl methyl sites for hydroxylation is 4. The molecule has 0 aliphatic carbocycles. The Bertz CT molecular complexity index is 676. The fourth-order valence-electron chi connectivity index (χ4n) is 2.08. The van der Waals surface area contributed by atoms with E-state index in [1.54, 1.807) is 17.5 Å². The summed E-state index contributed by atoms with van der Waals surface area (Å²) in [5.74, 6) is 0.480. The molecule has 7 heteroatoms. The predicted octanol–water partition coefficient (Wildman–Crippen LogP) is 2.29. The molecule has 2 aromatic heterocycles. The van der Waals surface area contributed by atoms with E-state index in [4.69, 9.17) is 0 Å². The number of nitrogens with zero attached hydrogens (tertiary/aromatic N) is 4. The van der Waals surface area contributed by atoms with Gasteiger partial charge in [-0.05, 0) is 27.2 Å². The number of aromatic nitrogens is 3. The van der Waals surface area contributed by atoms with E-state index in [-0.39, 0.29) is 5.91 Å². The highest BCUT2D eigenvalue weighted by Gasteiger charge is 2.12. The molecule has 2 aromatic rings. The van der Waals surface area contributed by atoms with Crippen molar-refractivity contribution >= 4 is 23.2 Å². The van der Waals surface area contributed by atoms with Crippen LogP contribution in [0.5, 0.6) is 0 Å². The molecule has 0 saturated heterocycles. The van der Waals surface area contributed by atoms with E-state index in [2.05, 4.69) is 27.2 Å². The smallest absolute Gasteiger partial charge is 0.254 e. The summed E-state index contributed by atoms with van der Waals surface area (Å²) in [6, 6.07) is 0. The van der Waals surface area contributed by atoms with Gasteiger partial charge in [0.2, 0.25) is 5.95 Å². The highest BCUT2D eigenvalue weighted by molar-refractivity contribution is 7.11. The molecule has 0 atom stereocenters. The van der Waals surface area contributed by atoms with Crippen LogP contribution in [0, 0.1) is 20.8 Å². The third-order valence-electron chi connectivity index (χ3n) is 3.54. The molecule has 0 unspecified atom stereocenters. The highest BCUT2D eigenvalue weighted by Crippen LogP contribution is 2.17. The van der Waals surface area contributed by atoms with Crippen LogP contribution in [0.1, 0.15) is 38.1 Å². The van der Waals surface area contributed by atoms with Gasteiger partial charge in [-0.1, -0.05) is 0 Å². The lowest BCUT2D eigenvalue weighted by Gasteiger charge is -2.12. The summed E-state index contributed by atoms with van der Waals surface area (Å²) in [6.45, 7) is 6.55. The van der Waals surface area contributed by atoms with Crippen LogP contribution in [0.2, 0.25) is 0 Å². The minimum Gasteiger partial charge on any atom is -0.352 e. The van der Waals surface area contributed by atoms with Crippen molar-refractivity contribution in [2.45, 2.75) is 33.6 Å². The van der Waals surface area contributed by atoms with Crippen LogP contribution in [0.3, 0.4) is 0 Å². The van der Waals surface area contributed by atoms with Gasteiger partial charge in [0.25, 0.3) is 5.91 Å². The van der Waals surface area contributed by atoms with Gasteiger partial charge in [0.05, 0.1) is 22.0 Å². The molecule has 0 fully saturated rings. The quantitative estimate of drug-likeness (QED) is 0.821. The first kappa shape index (κ1) is 17.3. The van der Waals surface area contributed by atoms with E-state index in [1.807, 2.05) is 32.8 Å². The minimum absolute atomic E-state index is 0.126. The van der Waals surface area contributed by atoms with Crippen molar-refractivity contribution in [1.82, 2.24) is 20.3 Å². The summed E-state index contributed by atoms with van der Waals surface area (Å²) in [5.41, 5.74) is 2.31. The predicted molar refractivity (Wildman–Crippen MR) is 93.3 cm³/mol. The van der Waals surface area contributed by atoms with Crippen molar-refractivity contribution in [3.8, 4) is 0 Å². The van der Waals surface area contributed by atoms with Crippen LogP contribution in [-0.2, 0) is 6.42 Å². The van der Waals surface area contributed by atoms with Gasteiger partial charge in [-0.15, -0.1) is 11.3 Å². The zero-order chi connectivity index (χ0) is 17.0. The Balaban J connectivity index is 1.85. The lowest BCUT2D eigenvalue weighted by atomic mass is 10.2. The van der Waals surface area contributed by atoms with Crippen molar-refractivity contribution in [3.05, 3.63) is 33.0 Å². The molecule has 2 rings (SSSR count). The molecule has 6 nitrogen and oxygen atoms in total. The molecule has 2 heterocycles. The van der Waals surface area contributed by atoms with Gasteiger partial charge in [0, 0.05) is 38.1 Å². The Labute approximate surface area is 141 Å². The molecule has 1 N–H and O–H groups in total. The first-order chi connectivity index (χ1) is 10.9. The standard InChI is InChI=1S/C16H23N5OS/c1-10-12(3)23-14(19-10)7-6-8-17-15(22)13-9-18-16(21(4)5)20-11(13)2/h9H,6-8H2,1-5H3,(H,17,22). The Kier molecular flexibility index (Phi) is 5.65. The van der Waals surface area contributed by atoms with Crippen LogP contribution in [-0.4, -0.2) is 41.5 Å². The number of thiazole rings is 1. The number of anilines is 1. The molecule has 0 aliphatic rings. The number of hydrogen-bond donors (Lipinski definition) is 1. The number of nitrogens with one attached hydrogen (secondary N) is 1. The molecule has 0 spiro atoms. The number of carbonyl (C=O) groups excluding carboxylic acids is 1. The molecule has 0 aromatic carbocycles. The fraction of sp³-hybridized carbons (Fsp3) is 0.500. The normalized spacial score (nSPS) is 10.7. The zero-order valence-electron chi connectivity index (χ0n) is 14.3. The third-order valence-corrected chi connectivity index (χ3v) is 4.67. The first-order valence-electron chi connectivity index (χ1n) is 7.60.